The van der Waals surface area contributed by atoms with E-state index in [1.807, 2.05) is 6.07 Å². The highest BCUT2D eigenvalue weighted by atomic mass is 16.4. The first kappa shape index (κ1) is 16.2. The molecule has 0 aromatic carbocycles. The number of likely N-dealkylation sites (tertiary alicyclic amines) is 1. The van der Waals surface area contributed by atoms with Crippen LogP contribution in [0.1, 0.15) is 31.7 Å². The Kier molecular flexibility index (Phi) is 4.14. The Bertz CT molecular complexity index is 663. The van der Waals surface area contributed by atoms with Crippen LogP contribution in [0.2, 0.25) is 0 Å². The third-order valence-corrected chi connectivity index (χ3v) is 5.22. The summed E-state index contributed by atoms with van der Waals surface area (Å²) in [5.74, 6) is -0.256. The van der Waals surface area contributed by atoms with E-state index in [2.05, 4.69) is 16.0 Å². The monoisotopic (exact) mass is 328 g/mol. The van der Waals surface area contributed by atoms with Crippen LogP contribution in [-0.2, 0) is 9.59 Å². The number of aromatic nitrogens is 1. The van der Waals surface area contributed by atoms with E-state index in [9.17, 15) is 14.7 Å². The molecule has 1 aromatic rings. The van der Waals surface area contributed by atoms with Gasteiger partial charge in [-0.25, -0.2) is 9.78 Å². The number of rotatable bonds is 2. The van der Waals surface area contributed by atoms with Crippen molar-refractivity contribution in [3.05, 3.63) is 23.9 Å². The number of anilines is 1. The van der Waals surface area contributed by atoms with Gasteiger partial charge in [0, 0.05) is 32.8 Å². The largest absolute Gasteiger partial charge is 0.480 e. The summed E-state index contributed by atoms with van der Waals surface area (Å²) in [6.07, 6.45) is 3.76. The molecule has 2 fully saturated rings. The number of carbonyl (C=O) groups is 2. The maximum absolute atomic E-state index is 11.7. The van der Waals surface area contributed by atoms with E-state index in [4.69, 9.17) is 5.26 Å². The van der Waals surface area contributed by atoms with Gasteiger partial charge in [0.2, 0.25) is 5.91 Å². The average molecular weight is 328 g/mol. The average Bonchev–Trinajstić information content (AvgIpc) is 2.96. The lowest BCUT2D eigenvalue weighted by molar-refractivity contribution is -0.147. The Labute approximate surface area is 140 Å². The standard InChI is InChI=1S/C17H20N4O3/c1-12(22)21-11-17(8-14(21)16(23)24)4-6-20(7-5-17)15-3-2-13(9-18)10-19-15/h2-3,10,14H,4-8,11H2,1H3,(H,23,24)/t14-/m0/s1. The maximum atomic E-state index is 11.7. The van der Waals surface area contributed by atoms with Gasteiger partial charge in [-0.15, -0.1) is 0 Å². The zero-order valence-corrected chi connectivity index (χ0v) is 13.6. The highest BCUT2D eigenvalue weighted by Crippen LogP contribution is 2.44. The van der Waals surface area contributed by atoms with Gasteiger partial charge in [0.15, 0.2) is 0 Å². The van der Waals surface area contributed by atoms with E-state index in [1.54, 1.807) is 12.3 Å². The Balaban J connectivity index is 1.69. The maximum Gasteiger partial charge on any atom is 0.326 e. The third-order valence-electron chi connectivity index (χ3n) is 5.22. The van der Waals surface area contributed by atoms with E-state index in [0.29, 0.717) is 18.5 Å². The second kappa shape index (κ2) is 6.11. The van der Waals surface area contributed by atoms with Gasteiger partial charge in [0.25, 0.3) is 0 Å². The highest BCUT2D eigenvalue weighted by Gasteiger charge is 2.49. The van der Waals surface area contributed by atoms with Gasteiger partial charge in [-0.2, -0.15) is 5.26 Å². The lowest BCUT2D eigenvalue weighted by Crippen LogP contribution is -2.42. The molecule has 7 heteroatoms. The summed E-state index contributed by atoms with van der Waals surface area (Å²) >= 11 is 0. The molecule has 0 radical (unpaired) electrons. The number of amides is 1. The van der Waals surface area contributed by atoms with E-state index < -0.39 is 12.0 Å². The normalized spacial score (nSPS) is 22.4. The van der Waals surface area contributed by atoms with E-state index >= 15 is 0 Å². The van der Waals surface area contributed by atoms with Gasteiger partial charge in [0.1, 0.15) is 17.9 Å². The van der Waals surface area contributed by atoms with Crippen LogP contribution in [0.25, 0.3) is 0 Å². The Morgan fingerprint density at radius 3 is 2.54 bits per heavy atom. The highest BCUT2D eigenvalue weighted by molar-refractivity contribution is 5.83. The van der Waals surface area contributed by atoms with Crippen molar-refractivity contribution in [2.45, 2.75) is 32.2 Å². The number of carboxylic acids is 1. The molecule has 1 atom stereocenters. The van der Waals surface area contributed by atoms with Crippen molar-refractivity contribution in [3.8, 4) is 6.07 Å². The molecule has 0 bridgehead atoms. The van der Waals surface area contributed by atoms with Crippen LogP contribution in [0, 0.1) is 16.7 Å². The third kappa shape index (κ3) is 2.92. The Hall–Kier alpha value is -2.62. The van der Waals surface area contributed by atoms with Gasteiger partial charge >= 0.3 is 5.97 Å². The Morgan fingerprint density at radius 2 is 2.08 bits per heavy atom. The summed E-state index contributed by atoms with van der Waals surface area (Å²) in [6.45, 7) is 3.51. The zero-order valence-electron chi connectivity index (χ0n) is 13.6. The van der Waals surface area contributed by atoms with Crippen molar-refractivity contribution in [2.75, 3.05) is 24.5 Å². The van der Waals surface area contributed by atoms with Gasteiger partial charge in [-0.3, -0.25) is 4.79 Å². The number of nitrogens with zero attached hydrogens (tertiary/aromatic N) is 4. The molecule has 24 heavy (non-hydrogen) atoms. The molecule has 3 rings (SSSR count). The van der Waals surface area contributed by atoms with Gasteiger partial charge in [-0.1, -0.05) is 0 Å². The zero-order chi connectivity index (χ0) is 17.3. The number of carbonyl (C=O) groups excluding carboxylic acids is 1. The molecule has 1 N–H and O–H groups in total. The molecule has 7 nitrogen and oxygen atoms in total. The molecule has 2 aliphatic rings. The number of carboxylic acid groups (broad SMARTS) is 1. The summed E-state index contributed by atoms with van der Waals surface area (Å²) in [5.41, 5.74) is 0.419. The minimum atomic E-state index is -0.918. The lowest BCUT2D eigenvalue weighted by Gasteiger charge is -2.39. The Morgan fingerprint density at radius 1 is 1.38 bits per heavy atom. The molecule has 3 heterocycles. The molecular weight excluding hydrogens is 308 g/mol. The van der Waals surface area contributed by atoms with Crippen molar-refractivity contribution in [2.24, 2.45) is 5.41 Å². The van der Waals surface area contributed by atoms with E-state index in [-0.39, 0.29) is 11.3 Å². The fraction of sp³-hybridized carbons (Fsp3) is 0.529. The molecule has 126 valence electrons. The smallest absolute Gasteiger partial charge is 0.326 e. The molecule has 2 aliphatic heterocycles. The number of aliphatic carboxylic acids is 1. The van der Waals surface area contributed by atoms with Crippen LogP contribution in [0.3, 0.4) is 0 Å². The first-order valence-electron chi connectivity index (χ1n) is 8.05. The quantitative estimate of drug-likeness (QED) is 0.877. The number of piperidine rings is 1. The van der Waals surface area contributed by atoms with Crippen LogP contribution >= 0.6 is 0 Å². The molecular formula is C17H20N4O3. The molecule has 2 saturated heterocycles. The summed E-state index contributed by atoms with van der Waals surface area (Å²) in [4.78, 5) is 31.2. The topological polar surface area (TPSA) is 97.5 Å². The lowest BCUT2D eigenvalue weighted by atomic mass is 9.76. The SMILES string of the molecule is CC(=O)N1CC2(CCN(c3ccc(C#N)cn3)CC2)C[C@H]1C(=O)O. The van der Waals surface area contributed by atoms with Crippen LogP contribution in [0.15, 0.2) is 18.3 Å². The van der Waals surface area contributed by atoms with Crippen molar-refractivity contribution in [1.29, 1.82) is 5.26 Å². The minimum absolute atomic E-state index is 0.113. The molecule has 0 unspecified atom stereocenters. The molecule has 1 amide bonds. The first-order valence-corrected chi connectivity index (χ1v) is 8.05. The van der Waals surface area contributed by atoms with E-state index in [0.717, 1.165) is 31.7 Å². The van der Waals surface area contributed by atoms with Crippen LogP contribution < -0.4 is 4.90 Å². The van der Waals surface area contributed by atoms with E-state index in [1.165, 1.54) is 11.8 Å². The van der Waals surface area contributed by atoms with Gasteiger partial charge in [-0.05, 0) is 36.8 Å². The molecule has 0 saturated carbocycles. The summed E-state index contributed by atoms with van der Waals surface area (Å²) in [7, 11) is 0. The van der Waals surface area contributed by atoms with Crippen LogP contribution in [-0.4, -0.2) is 52.5 Å². The summed E-state index contributed by atoms with van der Waals surface area (Å²) in [6, 6.07) is 4.94. The predicted octanol–water partition coefficient (Wildman–Crippen LogP) is 1.25. The second-order valence-corrected chi connectivity index (χ2v) is 6.71. The van der Waals surface area contributed by atoms with Crippen LogP contribution in [0.4, 0.5) is 5.82 Å². The van der Waals surface area contributed by atoms with Gasteiger partial charge in [0.05, 0.1) is 5.56 Å². The number of nitriles is 1. The first-order chi connectivity index (χ1) is 11.4. The van der Waals surface area contributed by atoms with Crippen molar-refractivity contribution >= 4 is 17.7 Å². The van der Waals surface area contributed by atoms with Crippen LogP contribution in [0.5, 0.6) is 0 Å². The second-order valence-electron chi connectivity index (χ2n) is 6.71. The predicted molar refractivity (Wildman–Crippen MR) is 86.3 cm³/mol. The van der Waals surface area contributed by atoms with Gasteiger partial charge < -0.3 is 14.9 Å². The van der Waals surface area contributed by atoms with Crippen molar-refractivity contribution in [1.82, 2.24) is 9.88 Å². The van der Waals surface area contributed by atoms with Crippen molar-refractivity contribution in [3.63, 3.8) is 0 Å². The fourth-order valence-corrected chi connectivity index (χ4v) is 3.82. The molecule has 1 spiro atoms. The summed E-state index contributed by atoms with van der Waals surface area (Å²) in [5, 5.41) is 18.2. The number of pyridine rings is 1. The van der Waals surface area contributed by atoms with Crippen molar-refractivity contribution < 1.29 is 14.7 Å². The molecule has 1 aromatic heterocycles. The minimum Gasteiger partial charge on any atom is -0.480 e. The molecule has 0 aliphatic carbocycles. The number of hydrogen-bond acceptors (Lipinski definition) is 5. The summed E-state index contributed by atoms with van der Waals surface area (Å²) < 4.78 is 0. The number of hydrogen-bond donors (Lipinski definition) is 1. The fourth-order valence-electron chi connectivity index (χ4n) is 3.82.